The van der Waals surface area contributed by atoms with E-state index >= 15 is 0 Å². The third-order valence-corrected chi connectivity index (χ3v) is 2.20. The predicted molar refractivity (Wildman–Crippen MR) is 54.0 cm³/mol. The van der Waals surface area contributed by atoms with Gasteiger partial charge in [-0.3, -0.25) is 4.79 Å². The molecule has 1 unspecified atom stereocenters. The van der Waals surface area contributed by atoms with Gasteiger partial charge in [-0.2, -0.15) is 0 Å². The molecule has 4 nitrogen and oxygen atoms in total. The predicted octanol–water partition coefficient (Wildman–Crippen LogP) is 1.55. The van der Waals surface area contributed by atoms with Gasteiger partial charge in [0.05, 0.1) is 0 Å². The Bertz CT molecular complexity index is 215. The van der Waals surface area contributed by atoms with E-state index in [-0.39, 0.29) is 5.91 Å². The molecule has 0 radical (unpaired) electrons. The molecular formula is C10H19NO3. The molecule has 0 bridgehead atoms. The number of nitrogens with one attached hydrogen (secondary N) is 1. The lowest BCUT2D eigenvalue weighted by Crippen LogP contribution is -2.51. The van der Waals surface area contributed by atoms with E-state index in [0.717, 1.165) is 19.3 Å². The molecule has 14 heavy (non-hydrogen) atoms. The van der Waals surface area contributed by atoms with Gasteiger partial charge in [-0.1, -0.05) is 26.2 Å². The van der Waals surface area contributed by atoms with Gasteiger partial charge in [-0.05, 0) is 13.3 Å². The number of hydrogen-bond acceptors (Lipinski definition) is 2. The van der Waals surface area contributed by atoms with Gasteiger partial charge in [0.2, 0.25) is 5.91 Å². The van der Waals surface area contributed by atoms with E-state index in [0.29, 0.717) is 6.42 Å². The summed E-state index contributed by atoms with van der Waals surface area (Å²) >= 11 is 0. The highest BCUT2D eigenvalue weighted by molar-refractivity contribution is 5.85. The van der Waals surface area contributed by atoms with Crippen LogP contribution < -0.4 is 5.32 Å². The Balaban J connectivity index is 4.24. The number of hydrogen-bond donors (Lipinski definition) is 2. The van der Waals surface area contributed by atoms with Gasteiger partial charge in [0.25, 0.3) is 0 Å². The fourth-order valence-electron chi connectivity index (χ4n) is 1.34. The summed E-state index contributed by atoms with van der Waals surface area (Å²) in [6.45, 7) is 4.93. The van der Waals surface area contributed by atoms with Crippen LogP contribution in [0.25, 0.3) is 0 Å². The quantitative estimate of drug-likeness (QED) is 0.641. The van der Waals surface area contributed by atoms with E-state index in [1.54, 1.807) is 6.92 Å². The zero-order valence-electron chi connectivity index (χ0n) is 9.09. The van der Waals surface area contributed by atoms with Crippen molar-refractivity contribution in [3.63, 3.8) is 0 Å². The molecule has 0 aliphatic carbocycles. The van der Waals surface area contributed by atoms with Crippen LogP contribution in [-0.2, 0) is 9.59 Å². The molecule has 0 aliphatic rings. The average Bonchev–Trinajstić information content (AvgIpc) is 2.03. The van der Waals surface area contributed by atoms with E-state index in [1.807, 2.05) is 0 Å². The molecule has 0 aromatic heterocycles. The van der Waals surface area contributed by atoms with Gasteiger partial charge < -0.3 is 10.4 Å². The second kappa shape index (κ2) is 5.62. The third kappa shape index (κ3) is 4.25. The van der Waals surface area contributed by atoms with Crippen LogP contribution in [-0.4, -0.2) is 22.5 Å². The van der Waals surface area contributed by atoms with Crippen molar-refractivity contribution in [3.05, 3.63) is 0 Å². The Morgan fingerprint density at radius 2 is 1.93 bits per heavy atom. The number of carbonyl (C=O) groups excluding carboxylic acids is 1. The number of carbonyl (C=O) groups is 2. The maximum atomic E-state index is 10.9. The lowest BCUT2D eigenvalue weighted by Gasteiger charge is -2.25. The summed E-state index contributed by atoms with van der Waals surface area (Å²) in [5, 5.41) is 11.4. The van der Waals surface area contributed by atoms with Crippen molar-refractivity contribution in [2.45, 2.75) is 52.0 Å². The fraction of sp³-hybridized carbons (Fsp3) is 0.800. The van der Waals surface area contributed by atoms with Crippen molar-refractivity contribution < 1.29 is 14.7 Å². The molecule has 0 spiro atoms. The van der Waals surface area contributed by atoms with Crippen molar-refractivity contribution >= 4 is 11.9 Å². The molecule has 0 saturated heterocycles. The molecule has 1 amide bonds. The van der Waals surface area contributed by atoms with Gasteiger partial charge in [0.15, 0.2) is 0 Å². The topological polar surface area (TPSA) is 66.4 Å². The molecule has 0 aromatic carbocycles. The number of amides is 1. The summed E-state index contributed by atoms with van der Waals surface area (Å²) in [5.74, 6) is -1.27. The monoisotopic (exact) mass is 201 g/mol. The van der Waals surface area contributed by atoms with Crippen molar-refractivity contribution in [1.29, 1.82) is 0 Å². The van der Waals surface area contributed by atoms with E-state index in [9.17, 15) is 9.59 Å². The standard InChI is InChI=1S/C10H19NO3/c1-4-5-6-7-10(3,9(13)14)11-8(2)12/h4-7H2,1-3H3,(H,11,12)(H,13,14). The van der Waals surface area contributed by atoms with Gasteiger partial charge in [-0.15, -0.1) is 0 Å². The van der Waals surface area contributed by atoms with E-state index < -0.39 is 11.5 Å². The largest absolute Gasteiger partial charge is 0.480 e. The van der Waals surface area contributed by atoms with Gasteiger partial charge in [0, 0.05) is 6.92 Å². The second-order valence-electron chi connectivity index (χ2n) is 3.78. The lowest BCUT2D eigenvalue weighted by atomic mass is 9.94. The van der Waals surface area contributed by atoms with E-state index in [2.05, 4.69) is 12.2 Å². The molecular weight excluding hydrogens is 182 g/mol. The molecule has 82 valence electrons. The van der Waals surface area contributed by atoms with Gasteiger partial charge >= 0.3 is 5.97 Å². The zero-order valence-corrected chi connectivity index (χ0v) is 9.09. The van der Waals surface area contributed by atoms with Crippen molar-refractivity contribution in [3.8, 4) is 0 Å². The average molecular weight is 201 g/mol. The molecule has 0 aromatic rings. The molecule has 0 heterocycles. The van der Waals surface area contributed by atoms with E-state index in [4.69, 9.17) is 5.11 Å². The fourth-order valence-corrected chi connectivity index (χ4v) is 1.34. The molecule has 0 rings (SSSR count). The maximum Gasteiger partial charge on any atom is 0.329 e. The molecule has 0 aliphatic heterocycles. The van der Waals surface area contributed by atoms with Crippen LogP contribution >= 0.6 is 0 Å². The Labute approximate surface area is 84.7 Å². The molecule has 2 N–H and O–H groups in total. The normalized spacial score (nSPS) is 14.5. The second-order valence-corrected chi connectivity index (χ2v) is 3.78. The number of unbranched alkanes of at least 4 members (excludes halogenated alkanes) is 2. The summed E-state index contributed by atoms with van der Waals surface area (Å²) in [6.07, 6.45) is 3.33. The minimum absolute atomic E-state index is 0.300. The molecule has 1 atom stereocenters. The highest BCUT2D eigenvalue weighted by Gasteiger charge is 2.32. The van der Waals surface area contributed by atoms with Crippen molar-refractivity contribution in [1.82, 2.24) is 5.32 Å². The Kier molecular flexibility index (Phi) is 5.20. The van der Waals surface area contributed by atoms with Crippen molar-refractivity contribution in [2.24, 2.45) is 0 Å². The van der Waals surface area contributed by atoms with Gasteiger partial charge in [-0.25, -0.2) is 4.79 Å². The van der Waals surface area contributed by atoms with Crippen LogP contribution in [0.15, 0.2) is 0 Å². The van der Waals surface area contributed by atoms with Crippen LogP contribution in [0.1, 0.15) is 46.5 Å². The Hall–Kier alpha value is -1.06. The van der Waals surface area contributed by atoms with E-state index in [1.165, 1.54) is 6.92 Å². The summed E-state index contributed by atoms with van der Waals surface area (Å²) in [6, 6.07) is 0. The first-order valence-corrected chi connectivity index (χ1v) is 4.94. The first-order valence-electron chi connectivity index (χ1n) is 4.94. The van der Waals surface area contributed by atoms with Crippen LogP contribution in [0.2, 0.25) is 0 Å². The summed E-state index contributed by atoms with van der Waals surface area (Å²) < 4.78 is 0. The maximum absolute atomic E-state index is 10.9. The zero-order chi connectivity index (χ0) is 11.2. The number of aliphatic carboxylic acids is 1. The number of rotatable bonds is 6. The smallest absolute Gasteiger partial charge is 0.329 e. The Morgan fingerprint density at radius 3 is 2.29 bits per heavy atom. The molecule has 4 heteroatoms. The number of carboxylic acids is 1. The van der Waals surface area contributed by atoms with Crippen molar-refractivity contribution in [2.75, 3.05) is 0 Å². The summed E-state index contributed by atoms with van der Waals surface area (Å²) in [7, 11) is 0. The van der Waals surface area contributed by atoms with Crippen LogP contribution in [0.5, 0.6) is 0 Å². The van der Waals surface area contributed by atoms with Crippen LogP contribution in [0.4, 0.5) is 0 Å². The minimum atomic E-state index is -1.11. The Morgan fingerprint density at radius 1 is 1.36 bits per heavy atom. The first-order chi connectivity index (χ1) is 6.42. The SMILES string of the molecule is CCCCCC(C)(NC(C)=O)C(=O)O. The highest BCUT2D eigenvalue weighted by Crippen LogP contribution is 2.15. The summed E-state index contributed by atoms with van der Waals surface area (Å²) in [5.41, 5.74) is -1.11. The van der Waals surface area contributed by atoms with Crippen LogP contribution in [0.3, 0.4) is 0 Å². The molecule has 0 fully saturated rings. The minimum Gasteiger partial charge on any atom is -0.480 e. The summed E-state index contributed by atoms with van der Waals surface area (Å²) in [4.78, 5) is 21.8. The highest BCUT2D eigenvalue weighted by atomic mass is 16.4. The third-order valence-electron chi connectivity index (χ3n) is 2.20. The first kappa shape index (κ1) is 12.9. The van der Waals surface area contributed by atoms with Crippen LogP contribution in [0, 0.1) is 0 Å². The lowest BCUT2D eigenvalue weighted by molar-refractivity contribution is -0.147. The number of carboxylic acid groups (broad SMARTS) is 1. The van der Waals surface area contributed by atoms with Gasteiger partial charge in [0.1, 0.15) is 5.54 Å². The molecule has 0 saturated carbocycles.